The standard InChI is InChI=1S/C14H20N4O/c1-15-13-6-2-4-10(17-13)9-18-7-3-5-11-12(18)8-16-14(11)19/h2,4,6,11-12H,3,5,7-9H2,1H3,(H,15,17)(H,16,19). The molecule has 0 aliphatic carbocycles. The van der Waals surface area contributed by atoms with Crippen LogP contribution in [0.4, 0.5) is 5.82 Å². The molecule has 5 heteroatoms. The first-order chi connectivity index (χ1) is 9.28. The number of nitrogens with one attached hydrogen (secondary N) is 2. The van der Waals surface area contributed by atoms with Gasteiger partial charge in [0.1, 0.15) is 5.82 Å². The number of piperidine rings is 1. The minimum atomic E-state index is 0.182. The molecule has 19 heavy (non-hydrogen) atoms. The van der Waals surface area contributed by atoms with E-state index in [0.717, 1.165) is 44.0 Å². The third-order valence-electron chi connectivity index (χ3n) is 4.14. The van der Waals surface area contributed by atoms with Gasteiger partial charge < -0.3 is 10.6 Å². The van der Waals surface area contributed by atoms with Gasteiger partial charge in [0.2, 0.25) is 5.91 Å². The van der Waals surface area contributed by atoms with Gasteiger partial charge >= 0.3 is 0 Å². The Kier molecular flexibility index (Phi) is 3.38. The first-order valence-corrected chi connectivity index (χ1v) is 6.93. The molecule has 2 N–H and O–H groups in total. The molecular weight excluding hydrogens is 240 g/mol. The van der Waals surface area contributed by atoms with E-state index in [-0.39, 0.29) is 11.8 Å². The van der Waals surface area contributed by atoms with Crippen molar-refractivity contribution in [2.75, 3.05) is 25.5 Å². The molecule has 0 spiro atoms. The van der Waals surface area contributed by atoms with Crippen LogP contribution in [0.3, 0.4) is 0 Å². The van der Waals surface area contributed by atoms with E-state index in [1.165, 1.54) is 0 Å². The minimum absolute atomic E-state index is 0.182. The number of fused-ring (bicyclic) bond motifs is 1. The van der Waals surface area contributed by atoms with Crippen LogP contribution in [0.2, 0.25) is 0 Å². The fraction of sp³-hybridized carbons (Fsp3) is 0.571. The first-order valence-electron chi connectivity index (χ1n) is 6.93. The van der Waals surface area contributed by atoms with Crippen molar-refractivity contribution in [1.82, 2.24) is 15.2 Å². The summed E-state index contributed by atoms with van der Waals surface area (Å²) in [5.41, 5.74) is 1.06. The van der Waals surface area contributed by atoms with E-state index in [0.29, 0.717) is 6.04 Å². The number of hydrogen-bond donors (Lipinski definition) is 2. The van der Waals surface area contributed by atoms with Gasteiger partial charge in [-0.05, 0) is 31.5 Å². The second kappa shape index (κ2) is 5.17. The zero-order valence-electron chi connectivity index (χ0n) is 11.2. The molecule has 1 aromatic rings. The van der Waals surface area contributed by atoms with Crippen molar-refractivity contribution in [2.24, 2.45) is 5.92 Å². The van der Waals surface area contributed by atoms with E-state index in [1.54, 1.807) is 0 Å². The van der Waals surface area contributed by atoms with Gasteiger partial charge in [0.05, 0.1) is 11.6 Å². The van der Waals surface area contributed by atoms with Gasteiger partial charge in [-0.2, -0.15) is 0 Å². The Morgan fingerprint density at radius 2 is 2.42 bits per heavy atom. The van der Waals surface area contributed by atoms with Crippen LogP contribution in [0.1, 0.15) is 18.5 Å². The van der Waals surface area contributed by atoms with Crippen molar-refractivity contribution in [3.63, 3.8) is 0 Å². The van der Waals surface area contributed by atoms with Gasteiger partial charge in [-0.15, -0.1) is 0 Å². The van der Waals surface area contributed by atoms with Gasteiger partial charge in [-0.1, -0.05) is 6.07 Å². The third-order valence-corrected chi connectivity index (χ3v) is 4.14. The second-order valence-electron chi connectivity index (χ2n) is 5.30. The van der Waals surface area contributed by atoms with Crippen LogP contribution < -0.4 is 10.6 Å². The van der Waals surface area contributed by atoms with E-state index in [2.05, 4.69) is 26.6 Å². The number of likely N-dealkylation sites (tertiary alicyclic amines) is 1. The highest BCUT2D eigenvalue weighted by Crippen LogP contribution is 2.28. The maximum Gasteiger partial charge on any atom is 0.224 e. The average Bonchev–Trinajstić information content (AvgIpc) is 2.82. The van der Waals surface area contributed by atoms with E-state index in [4.69, 9.17) is 0 Å². The van der Waals surface area contributed by atoms with Crippen LogP contribution in [0.5, 0.6) is 0 Å². The summed E-state index contributed by atoms with van der Waals surface area (Å²) in [7, 11) is 1.88. The zero-order valence-corrected chi connectivity index (χ0v) is 11.2. The number of rotatable bonds is 3. The van der Waals surface area contributed by atoms with E-state index < -0.39 is 0 Å². The Morgan fingerprint density at radius 1 is 1.53 bits per heavy atom. The largest absolute Gasteiger partial charge is 0.373 e. The predicted molar refractivity (Wildman–Crippen MR) is 73.7 cm³/mol. The molecule has 102 valence electrons. The molecule has 2 saturated heterocycles. The maximum absolute atomic E-state index is 11.7. The van der Waals surface area contributed by atoms with Crippen LogP contribution >= 0.6 is 0 Å². The summed E-state index contributed by atoms with van der Waals surface area (Å²) in [6, 6.07) is 6.38. The molecule has 5 nitrogen and oxygen atoms in total. The van der Waals surface area contributed by atoms with Crippen LogP contribution in [0.15, 0.2) is 18.2 Å². The fourth-order valence-corrected chi connectivity index (χ4v) is 3.15. The topological polar surface area (TPSA) is 57.3 Å². The summed E-state index contributed by atoms with van der Waals surface area (Å²) >= 11 is 0. The zero-order chi connectivity index (χ0) is 13.2. The highest BCUT2D eigenvalue weighted by molar-refractivity contribution is 5.82. The molecule has 2 atom stereocenters. The first kappa shape index (κ1) is 12.4. The Balaban J connectivity index is 1.73. The molecular formula is C14H20N4O. The molecule has 1 amide bonds. The Morgan fingerprint density at radius 3 is 3.26 bits per heavy atom. The molecule has 0 radical (unpaired) electrons. The number of hydrogen-bond acceptors (Lipinski definition) is 4. The minimum Gasteiger partial charge on any atom is -0.373 e. The van der Waals surface area contributed by atoms with Crippen LogP contribution in [0, 0.1) is 5.92 Å². The van der Waals surface area contributed by atoms with Gasteiger partial charge in [-0.3, -0.25) is 9.69 Å². The summed E-state index contributed by atoms with van der Waals surface area (Å²) < 4.78 is 0. The average molecular weight is 260 g/mol. The monoisotopic (exact) mass is 260 g/mol. The number of amides is 1. The number of nitrogens with zero attached hydrogens (tertiary/aromatic N) is 2. The fourth-order valence-electron chi connectivity index (χ4n) is 3.15. The van der Waals surface area contributed by atoms with Crippen molar-refractivity contribution in [2.45, 2.75) is 25.4 Å². The van der Waals surface area contributed by atoms with Crippen LogP contribution in [-0.4, -0.2) is 42.0 Å². The van der Waals surface area contributed by atoms with Crippen molar-refractivity contribution < 1.29 is 4.79 Å². The molecule has 2 fully saturated rings. The van der Waals surface area contributed by atoms with E-state index in [1.807, 2.05) is 19.2 Å². The lowest BCUT2D eigenvalue weighted by Gasteiger charge is -2.35. The molecule has 3 rings (SSSR count). The maximum atomic E-state index is 11.7. The molecule has 0 aromatic carbocycles. The molecule has 0 saturated carbocycles. The summed E-state index contributed by atoms with van der Waals surface area (Å²) in [4.78, 5) is 18.7. The normalized spacial score (nSPS) is 26.9. The van der Waals surface area contributed by atoms with Crippen molar-refractivity contribution in [3.05, 3.63) is 23.9 Å². The van der Waals surface area contributed by atoms with Crippen LogP contribution in [-0.2, 0) is 11.3 Å². The van der Waals surface area contributed by atoms with Crippen molar-refractivity contribution >= 4 is 11.7 Å². The van der Waals surface area contributed by atoms with Crippen molar-refractivity contribution in [3.8, 4) is 0 Å². The Bertz CT molecular complexity index is 476. The lowest BCUT2D eigenvalue weighted by atomic mass is 9.91. The van der Waals surface area contributed by atoms with Gasteiger partial charge in [0.25, 0.3) is 0 Å². The number of carbonyl (C=O) groups excluding carboxylic acids is 1. The number of anilines is 1. The predicted octanol–water partition coefficient (Wildman–Crippen LogP) is 0.834. The molecule has 2 unspecified atom stereocenters. The SMILES string of the molecule is CNc1cccc(CN2CCCC3C(=O)NCC32)n1. The summed E-state index contributed by atoms with van der Waals surface area (Å²) in [6.45, 7) is 2.67. The summed E-state index contributed by atoms with van der Waals surface area (Å²) in [5.74, 6) is 1.31. The molecule has 2 aliphatic heterocycles. The van der Waals surface area contributed by atoms with E-state index in [9.17, 15) is 4.79 Å². The third kappa shape index (κ3) is 2.42. The number of carbonyl (C=O) groups is 1. The Hall–Kier alpha value is -1.62. The van der Waals surface area contributed by atoms with Gasteiger partial charge in [0.15, 0.2) is 0 Å². The van der Waals surface area contributed by atoms with Crippen molar-refractivity contribution in [1.29, 1.82) is 0 Å². The van der Waals surface area contributed by atoms with Crippen LogP contribution in [0.25, 0.3) is 0 Å². The summed E-state index contributed by atoms with van der Waals surface area (Å²) in [5, 5.41) is 6.05. The van der Waals surface area contributed by atoms with Gasteiger partial charge in [0, 0.05) is 26.2 Å². The molecule has 0 bridgehead atoms. The van der Waals surface area contributed by atoms with E-state index >= 15 is 0 Å². The lowest BCUT2D eigenvalue weighted by molar-refractivity contribution is -0.124. The molecule has 2 aliphatic rings. The quantitative estimate of drug-likeness (QED) is 0.845. The second-order valence-corrected chi connectivity index (χ2v) is 5.30. The van der Waals surface area contributed by atoms with Gasteiger partial charge in [-0.25, -0.2) is 4.98 Å². The number of aromatic nitrogens is 1. The molecule has 1 aromatic heterocycles. The highest BCUT2D eigenvalue weighted by atomic mass is 16.2. The highest BCUT2D eigenvalue weighted by Gasteiger charge is 2.40. The lowest BCUT2D eigenvalue weighted by Crippen LogP contribution is -2.45. The summed E-state index contributed by atoms with van der Waals surface area (Å²) in [6.07, 6.45) is 2.12. The smallest absolute Gasteiger partial charge is 0.224 e. The number of pyridine rings is 1. The Labute approximate surface area is 113 Å². The molecule has 3 heterocycles.